The normalized spacial score (nSPS) is 10.5. The summed E-state index contributed by atoms with van der Waals surface area (Å²) in [6.45, 7) is 8.51. The van der Waals surface area contributed by atoms with E-state index in [-0.39, 0.29) is 11.8 Å². The lowest BCUT2D eigenvalue weighted by atomic mass is 10.1. The smallest absolute Gasteiger partial charge is 0.248 e. The van der Waals surface area contributed by atoms with E-state index in [0.29, 0.717) is 36.9 Å². The van der Waals surface area contributed by atoms with Crippen LogP contribution in [0.2, 0.25) is 0 Å². The SMILES string of the molecule is C=CCOc1ccc(/C=C/C(=O)Nc2ccccc2CN(CC)C(C)=O)cc1OC. The maximum Gasteiger partial charge on any atom is 0.248 e. The van der Waals surface area contributed by atoms with Crippen molar-refractivity contribution in [3.63, 3.8) is 0 Å². The molecule has 0 aliphatic rings. The van der Waals surface area contributed by atoms with E-state index in [1.165, 1.54) is 13.0 Å². The molecule has 0 saturated carbocycles. The van der Waals surface area contributed by atoms with Gasteiger partial charge in [-0.15, -0.1) is 0 Å². The number of nitrogens with one attached hydrogen (secondary N) is 1. The standard InChI is InChI=1S/C24H28N2O4/c1-5-15-30-22-13-11-19(16-23(22)29-4)12-14-24(28)25-21-10-8-7-9-20(21)17-26(6-2)18(3)27/h5,7-14,16H,1,6,15,17H2,2-4H3,(H,25,28)/b14-12+. The van der Waals surface area contributed by atoms with Crippen LogP contribution in [0.3, 0.4) is 0 Å². The quantitative estimate of drug-likeness (QED) is 0.471. The number of para-hydroxylation sites is 1. The van der Waals surface area contributed by atoms with Crippen molar-refractivity contribution in [1.82, 2.24) is 4.90 Å². The summed E-state index contributed by atoms with van der Waals surface area (Å²) < 4.78 is 10.9. The van der Waals surface area contributed by atoms with Crippen molar-refractivity contribution in [2.75, 3.05) is 25.6 Å². The van der Waals surface area contributed by atoms with Crippen LogP contribution in [0.25, 0.3) is 6.08 Å². The van der Waals surface area contributed by atoms with Crippen LogP contribution in [-0.2, 0) is 16.1 Å². The van der Waals surface area contributed by atoms with Crippen LogP contribution in [0.1, 0.15) is 25.0 Å². The van der Waals surface area contributed by atoms with Gasteiger partial charge in [-0.3, -0.25) is 9.59 Å². The molecule has 0 radical (unpaired) electrons. The Hall–Kier alpha value is -3.54. The second kappa shape index (κ2) is 11.5. The molecular formula is C24H28N2O4. The molecule has 0 aliphatic heterocycles. The Balaban J connectivity index is 2.10. The van der Waals surface area contributed by atoms with Crippen molar-refractivity contribution in [3.8, 4) is 11.5 Å². The molecule has 0 aromatic heterocycles. The molecule has 2 rings (SSSR count). The second-order valence-electron chi connectivity index (χ2n) is 6.52. The van der Waals surface area contributed by atoms with Gasteiger partial charge in [0.2, 0.25) is 11.8 Å². The van der Waals surface area contributed by atoms with Crippen LogP contribution >= 0.6 is 0 Å². The molecule has 1 N–H and O–H groups in total. The summed E-state index contributed by atoms with van der Waals surface area (Å²) in [6.07, 6.45) is 4.82. The number of methoxy groups -OCH3 is 1. The highest BCUT2D eigenvalue weighted by atomic mass is 16.5. The molecule has 30 heavy (non-hydrogen) atoms. The third-order valence-corrected chi connectivity index (χ3v) is 4.44. The van der Waals surface area contributed by atoms with E-state index in [4.69, 9.17) is 9.47 Å². The number of carbonyl (C=O) groups excluding carboxylic acids is 2. The lowest BCUT2D eigenvalue weighted by Gasteiger charge is -2.20. The number of rotatable bonds is 10. The molecule has 0 fully saturated rings. The van der Waals surface area contributed by atoms with E-state index in [0.717, 1.165) is 11.1 Å². The Kier molecular flexibility index (Phi) is 8.69. The number of nitrogens with zero attached hydrogens (tertiary/aromatic N) is 1. The monoisotopic (exact) mass is 408 g/mol. The first kappa shape index (κ1) is 22.7. The minimum atomic E-state index is -0.265. The molecule has 0 heterocycles. The molecular weight excluding hydrogens is 380 g/mol. The minimum absolute atomic E-state index is 0.00649. The molecule has 0 aliphatic carbocycles. The van der Waals surface area contributed by atoms with Crippen LogP contribution < -0.4 is 14.8 Å². The highest BCUT2D eigenvalue weighted by Gasteiger charge is 2.11. The van der Waals surface area contributed by atoms with Crippen LogP contribution in [0.15, 0.2) is 61.2 Å². The van der Waals surface area contributed by atoms with Crippen LogP contribution in [0, 0.1) is 0 Å². The van der Waals surface area contributed by atoms with Crippen molar-refractivity contribution < 1.29 is 19.1 Å². The molecule has 0 atom stereocenters. The highest BCUT2D eigenvalue weighted by molar-refractivity contribution is 6.02. The summed E-state index contributed by atoms with van der Waals surface area (Å²) in [7, 11) is 1.56. The third kappa shape index (κ3) is 6.51. The Morgan fingerprint density at radius 1 is 1.17 bits per heavy atom. The number of anilines is 1. The van der Waals surface area contributed by atoms with E-state index in [1.807, 2.05) is 37.3 Å². The average Bonchev–Trinajstić information content (AvgIpc) is 2.75. The van der Waals surface area contributed by atoms with Crippen LogP contribution in [0.5, 0.6) is 11.5 Å². The fraction of sp³-hybridized carbons (Fsp3) is 0.250. The zero-order chi connectivity index (χ0) is 21.9. The number of benzene rings is 2. The van der Waals surface area contributed by atoms with Crippen molar-refractivity contribution >= 4 is 23.6 Å². The van der Waals surface area contributed by atoms with Gasteiger partial charge in [0.15, 0.2) is 11.5 Å². The second-order valence-corrected chi connectivity index (χ2v) is 6.52. The largest absolute Gasteiger partial charge is 0.493 e. The first-order valence-electron chi connectivity index (χ1n) is 9.72. The fourth-order valence-electron chi connectivity index (χ4n) is 2.83. The average molecular weight is 408 g/mol. The van der Waals surface area contributed by atoms with Crippen molar-refractivity contribution in [2.24, 2.45) is 0 Å². The van der Waals surface area contributed by atoms with Crippen LogP contribution in [-0.4, -0.2) is 37.0 Å². The van der Waals surface area contributed by atoms with Gasteiger partial charge in [-0.1, -0.05) is 36.9 Å². The fourth-order valence-corrected chi connectivity index (χ4v) is 2.83. The first-order valence-corrected chi connectivity index (χ1v) is 9.72. The van der Waals surface area contributed by atoms with Gasteiger partial charge >= 0.3 is 0 Å². The Bertz CT molecular complexity index is 921. The Labute approximate surface area is 177 Å². The summed E-state index contributed by atoms with van der Waals surface area (Å²) in [6, 6.07) is 12.9. The van der Waals surface area contributed by atoms with E-state index >= 15 is 0 Å². The van der Waals surface area contributed by atoms with E-state index in [9.17, 15) is 9.59 Å². The van der Waals surface area contributed by atoms with Crippen LogP contribution in [0.4, 0.5) is 5.69 Å². The van der Waals surface area contributed by atoms with Gasteiger partial charge in [-0.2, -0.15) is 0 Å². The molecule has 158 valence electrons. The Morgan fingerprint density at radius 2 is 1.93 bits per heavy atom. The summed E-state index contributed by atoms with van der Waals surface area (Å²) >= 11 is 0. The zero-order valence-corrected chi connectivity index (χ0v) is 17.7. The van der Waals surface area contributed by atoms with Gasteiger partial charge in [-0.05, 0) is 42.3 Å². The van der Waals surface area contributed by atoms with E-state index in [1.54, 1.807) is 36.3 Å². The lowest BCUT2D eigenvalue weighted by Crippen LogP contribution is -2.28. The van der Waals surface area contributed by atoms with Crippen molar-refractivity contribution in [1.29, 1.82) is 0 Å². The summed E-state index contributed by atoms with van der Waals surface area (Å²) in [5.74, 6) is 0.916. The first-order chi connectivity index (χ1) is 14.5. The number of amides is 2. The number of hydrogen-bond donors (Lipinski definition) is 1. The highest BCUT2D eigenvalue weighted by Crippen LogP contribution is 2.28. The molecule has 2 aromatic carbocycles. The maximum absolute atomic E-state index is 12.4. The molecule has 2 aromatic rings. The predicted molar refractivity (Wildman–Crippen MR) is 120 cm³/mol. The lowest BCUT2D eigenvalue weighted by molar-refractivity contribution is -0.129. The van der Waals surface area contributed by atoms with Gasteiger partial charge in [-0.25, -0.2) is 0 Å². The molecule has 0 bridgehead atoms. The molecule has 0 saturated heterocycles. The molecule has 2 amide bonds. The van der Waals surface area contributed by atoms with E-state index in [2.05, 4.69) is 11.9 Å². The molecule has 6 heteroatoms. The van der Waals surface area contributed by atoms with Gasteiger partial charge in [0.1, 0.15) is 6.61 Å². The van der Waals surface area contributed by atoms with Crippen molar-refractivity contribution in [3.05, 3.63) is 72.3 Å². The predicted octanol–water partition coefficient (Wildman–Crippen LogP) is 4.28. The van der Waals surface area contributed by atoms with Gasteiger partial charge in [0, 0.05) is 31.8 Å². The number of ether oxygens (including phenoxy) is 2. The summed E-state index contributed by atoms with van der Waals surface area (Å²) in [5, 5.41) is 2.89. The number of hydrogen-bond acceptors (Lipinski definition) is 4. The van der Waals surface area contributed by atoms with E-state index < -0.39 is 0 Å². The van der Waals surface area contributed by atoms with Gasteiger partial charge in [0.25, 0.3) is 0 Å². The Morgan fingerprint density at radius 3 is 2.60 bits per heavy atom. The summed E-state index contributed by atoms with van der Waals surface area (Å²) in [5.41, 5.74) is 2.36. The molecule has 0 spiro atoms. The van der Waals surface area contributed by atoms with Gasteiger partial charge < -0.3 is 19.7 Å². The number of carbonyl (C=O) groups is 2. The minimum Gasteiger partial charge on any atom is -0.493 e. The van der Waals surface area contributed by atoms with Crippen molar-refractivity contribution in [2.45, 2.75) is 20.4 Å². The molecule has 0 unspecified atom stereocenters. The molecule has 6 nitrogen and oxygen atoms in total. The van der Waals surface area contributed by atoms with Gasteiger partial charge in [0.05, 0.1) is 7.11 Å². The summed E-state index contributed by atoms with van der Waals surface area (Å²) in [4.78, 5) is 25.9. The third-order valence-electron chi connectivity index (χ3n) is 4.44. The zero-order valence-electron chi connectivity index (χ0n) is 17.7. The maximum atomic E-state index is 12.4. The topological polar surface area (TPSA) is 67.9 Å².